The van der Waals surface area contributed by atoms with Crippen molar-refractivity contribution < 1.29 is 9.59 Å². The largest absolute Gasteiger partial charge is 0.355 e. The van der Waals surface area contributed by atoms with E-state index in [1.165, 1.54) is 11.8 Å². The lowest BCUT2D eigenvalue weighted by Crippen LogP contribution is -2.19. The van der Waals surface area contributed by atoms with E-state index in [4.69, 9.17) is 0 Å². The highest BCUT2D eigenvalue weighted by Gasteiger charge is 2.11. The first-order valence-corrected chi connectivity index (χ1v) is 9.61. The van der Waals surface area contributed by atoms with Gasteiger partial charge < -0.3 is 10.6 Å². The van der Waals surface area contributed by atoms with Gasteiger partial charge in [-0.1, -0.05) is 22.0 Å². The van der Waals surface area contributed by atoms with Crippen LogP contribution in [0.25, 0.3) is 0 Å². The summed E-state index contributed by atoms with van der Waals surface area (Å²) in [5.74, 6) is 0.0407. The first-order valence-electron chi connectivity index (χ1n) is 7.84. The van der Waals surface area contributed by atoms with E-state index in [0.717, 1.165) is 26.1 Å². The van der Waals surface area contributed by atoms with E-state index in [0.29, 0.717) is 17.0 Å². The van der Waals surface area contributed by atoms with Crippen molar-refractivity contribution >= 4 is 45.2 Å². The fraction of sp³-hybridized carbons (Fsp3) is 0.263. The lowest BCUT2D eigenvalue weighted by Gasteiger charge is -2.11. The topological polar surface area (TPSA) is 58.2 Å². The zero-order valence-electron chi connectivity index (χ0n) is 14.7. The fourth-order valence-electron chi connectivity index (χ4n) is 2.28. The Morgan fingerprint density at radius 1 is 1.04 bits per heavy atom. The van der Waals surface area contributed by atoms with E-state index < -0.39 is 0 Å². The Morgan fingerprint density at radius 3 is 2.44 bits per heavy atom. The van der Waals surface area contributed by atoms with Crippen molar-refractivity contribution in [3.8, 4) is 0 Å². The van der Waals surface area contributed by atoms with Crippen molar-refractivity contribution in [3.05, 3.63) is 57.1 Å². The molecule has 0 aromatic heterocycles. The van der Waals surface area contributed by atoms with Gasteiger partial charge in [0.1, 0.15) is 0 Å². The van der Waals surface area contributed by atoms with Crippen LogP contribution in [0.15, 0.2) is 39.7 Å². The second-order valence-electron chi connectivity index (χ2n) is 5.81. The predicted molar refractivity (Wildman–Crippen MR) is 108 cm³/mol. The third-order valence-electron chi connectivity index (χ3n) is 3.82. The number of anilines is 1. The maximum Gasteiger partial charge on any atom is 0.251 e. The molecule has 0 aliphatic heterocycles. The Morgan fingerprint density at radius 2 is 1.76 bits per heavy atom. The van der Waals surface area contributed by atoms with Crippen molar-refractivity contribution in [1.29, 1.82) is 0 Å². The zero-order valence-corrected chi connectivity index (χ0v) is 17.1. The number of hydrogen-bond donors (Lipinski definition) is 2. The second-order valence-corrected chi connectivity index (χ2v) is 7.68. The number of nitrogens with one attached hydrogen (secondary N) is 2. The van der Waals surface area contributed by atoms with Gasteiger partial charge in [0.25, 0.3) is 5.91 Å². The minimum Gasteiger partial charge on any atom is -0.355 e. The van der Waals surface area contributed by atoms with E-state index in [-0.39, 0.29) is 11.8 Å². The summed E-state index contributed by atoms with van der Waals surface area (Å²) in [5.41, 5.74) is 4.38. The van der Waals surface area contributed by atoms with E-state index in [2.05, 4.69) is 38.7 Å². The maximum absolute atomic E-state index is 12.3. The number of carbonyl (C=O) groups excluding carboxylic acids is 2. The monoisotopic (exact) mass is 420 g/mol. The number of carbonyl (C=O) groups is 2. The van der Waals surface area contributed by atoms with Gasteiger partial charge in [0, 0.05) is 27.7 Å². The minimum atomic E-state index is -0.175. The highest BCUT2D eigenvalue weighted by Crippen LogP contribution is 2.28. The highest BCUT2D eigenvalue weighted by molar-refractivity contribution is 9.10. The number of amides is 2. The van der Waals surface area contributed by atoms with Crippen molar-refractivity contribution in [2.45, 2.75) is 25.7 Å². The second kappa shape index (κ2) is 8.54. The predicted octanol–water partition coefficient (Wildman–Crippen LogP) is 4.46. The fourth-order valence-corrected chi connectivity index (χ4v) is 3.65. The molecule has 2 aromatic carbocycles. The Bertz CT molecular complexity index is 821. The molecule has 0 heterocycles. The van der Waals surface area contributed by atoms with Gasteiger partial charge in [-0.25, -0.2) is 0 Å². The summed E-state index contributed by atoms with van der Waals surface area (Å²) in [7, 11) is 1.58. The van der Waals surface area contributed by atoms with Gasteiger partial charge in [-0.05, 0) is 61.7 Å². The number of hydrogen-bond acceptors (Lipinski definition) is 3. The molecule has 0 unspecified atom stereocenters. The Hall–Kier alpha value is -1.79. The third kappa shape index (κ3) is 5.09. The summed E-state index contributed by atoms with van der Waals surface area (Å²) < 4.78 is 1.07. The van der Waals surface area contributed by atoms with Crippen LogP contribution in [0.4, 0.5) is 5.69 Å². The summed E-state index contributed by atoms with van der Waals surface area (Å²) >= 11 is 5.02. The van der Waals surface area contributed by atoms with Crippen LogP contribution < -0.4 is 10.6 Å². The summed E-state index contributed by atoms with van der Waals surface area (Å²) in [6.07, 6.45) is 0. The molecule has 2 N–H and O–H groups in total. The number of benzene rings is 2. The quantitative estimate of drug-likeness (QED) is 0.701. The minimum absolute atomic E-state index is 0.0953. The van der Waals surface area contributed by atoms with Crippen LogP contribution in [0.5, 0.6) is 0 Å². The lowest BCUT2D eigenvalue weighted by molar-refractivity contribution is -0.113. The van der Waals surface area contributed by atoms with Crippen molar-refractivity contribution in [2.75, 3.05) is 18.1 Å². The molecule has 6 heteroatoms. The number of halogens is 1. The molecular formula is C19H21BrN2O2S. The smallest absolute Gasteiger partial charge is 0.251 e. The Kier molecular flexibility index (Phi) is 6.67. The standard InChI is InChI=1S/C19H21BrN2O2S/c1-11-5-6-14(19(24)21-4)9-16(11)22-18(23)10-25-17-8-12(2)15(20)7-13(17)3/h5-9H,10H2,1-4H3,(H,21,24)(H,22,23). The van der Waals surface area contributed by atoms with Crippen LogP contribution in [0.3, 0.4) is 0 Å². The van der Waals surface area contributed by atoms with Crippen molar-refractivity contribution in [2.24, 2.45) is 0 Å². The maximum atomic E-state index is 12.3. The third-order valence-corrected chi connectivity index (χ3v) is 5.83. The van der Waals surface area contributed by atoms with Gasteiger partial charge in [0.2, 0.25) is 5.91 Å². The van der Waals surface area contributed by atoms with Crippen LogP contribution in [0.1, 0.15) is 27.0 Å². The van der Waals surface area contributed by atoms with Crippen LogP contribution in [0.2, 0.25) is 0 Å². The average Bonchev–Trinajstić information content (AvgIpc) is 2.58. The number of rotatable bonds is 5. The summed E-state index contributed by atoms with van der Waals surface area (Å²) in [5, 5.41) is 5.48. The van der Waals surface area contributed by atoms with Crippen LogP contribution in [0, 0.1) is 20.8 Å². The normalized spacial score (nSPS) is 10.4. The molecule has 132 valence electrons. The van der Waals surface area contributed by atoms with Gasteiger partial charge >= 0.3 is 0 Å². The van der Waals surface area contributed by atoms with Crippen LogP contribution in [-0.4, -0.2) is 24.6 Å². The Labute approximate surface area is 160 Å². The van der Waals surface area contributed by atoms with Crippen molar-refractivity contribution in [3.63, 3.8) is 0 Å². The van der Waals surface area contributed by atoms with E-state index in [1.54, 1.807) is 19.2 Å². The van der Waals surface area contributed by atoms with E-state index in [1.807, 2.05) is 26.8 Å². The Balaban J connectivity index is 2.06. The molecule has 0 aliphatic rings. The molecule has 0 radical (unpaired) electrons. The average molecular weight is 421 g/mol. The summed E-state index contributed by atoms with van der Waals surface area (Å²) in [6, 6.07) is 9.41. The van der Waals surface area contributed by atoms with Gasteiger partial charge in [-0.2, -0.15) is 0 Å². The number of aryl methyl sites for hydroxylation is 3. The van der Waals surface area contributed by atoms with Gasteiger partial charge in [-0.15, -0.1) is 11.8 Å². The van der Waals surface area contributed by atoms with Crippen molar-refractivity contribution in [1.82, 2.24) is 5.32 Å². The molecule has 0 fully saturated rings. The molecule has 0 bridgehead atoms. The van der Waals surface area contributed by atoms with Crippen LogP contribution >= 0.6 is 27.7 Å². The molecule has 0 saturated carbocycles. The summed E-state index contributed by atoms with van der Waals surface area (Å²) in [6.45, 7) is 5.96. The molecule has 25 heavy (non-hydrogen) atoms. The van der Waals surface area contributed by atoms with E-state index in [9.17, 15) is 9.59 Å². The first-order chi connectivity index (χ1) is 11.8. The molecular weight excluding hydrogens is 400 g/mol. The van der Waals surface area contributed by atoms with Crippen LogP contribution in [-0.2, 0) is 4.79 Å². The van der Waals surface area contributed by atoms with E-state index >= 15 is 0 Å². The summed E-state index contributed by atoms with van der Waals surface area (Å²) in [4.78, 5) is 25.1. The SMILES string of the molecule is CNC(=O)c1ccc(C)c(NC(=O)CSc2cc(C)c(Br)cc2C)c1. The van der Waals surface area contributed by atoms with Gasteiger partial charge in [-0.3, -0.25) is 9.59 Å². The molecule has 0 spiro atoms. The molecule has 2 rings (SSSR count). The molecule has 0 saturated heterocycles. The van der Waals surface area contributed by atoms with Gasteiger partial charge in [0.05, 0.1) is 5.75 Å². The highest BCUT2D eigenvalue weighted by atomic mass is 79.9. The molecule has 2 aromatic rings. The molecule has 4 nitrogen and oxygen atoms in total. The molecule has 2 amide bonds. The lowest BCUT2D eigenvalue weighted by atomic mass is 10.1. The number of thioether (sulfide) groups is 1. The zero-order chi connectivity index (χ0) is 18.6. The molecule has 0 atom stereocenters. The molecule has 0 aliphatic carbocycles. The van der Waals surface area contributed by atoms with Gasteiger partial charge in [0.15, 0.2) is 0 Å². The first kappa shape index (κ1) is 19.5.